The Morgan fingerprint density at radius 1 is 1.00 bits per heavy atom. The first kappa shape index (κ1) is 25.4. The monoisotopic (exact) mass is 490 g/mol. The van der Waals surface area contributed by atoms with E-state index in [1.807, 2.05) is 30.3 Å². The minimum atomic E-state index is -1.08. The van der Waals surface area contributed by atoms with Crippen LogP contribution in [0.1, 0.15) is 55.4 Å². The fourth-order valence-corrected chi connectivity index (χ4v) is 5.03. The molecule has 6 nitrogen and oxygen atoms in total. The predicted molar refractivity (Wildman–Crippen MR) is 130 cm³/mol. The minimum absolute atomic E-state index is 0.219. The maximum atomic E-state index is 10.6. The van der Waals surface area contributed by atoms with Gasteiger partial charge >= 0.3 is 0 Å². The van der Waals surface area contributed by atoms with Crippen molar-refractivity contribution in [3.63, 3.8) is 0 Å². The Hall–Kier alpha value is -1.67. The van der Waals surface area contributed by atoms with Gasteiger partial charge in [-0.25, -0.2) is 0 Å². The molecule has 3 N–H and O–H groups in total. The van der Waals surface area contributed by atoms with Crippen molar-refractivity contribution in [1.29, 1.82) is 0 Å². The van der Waals surface area contributed by atoms with Gasteiger partial charge < -0.3 is 29.5 Å². The van der Waals surface area contributed by atoms with E-state index < -0.39 is 24.4 Å². The van der Waals surface area contributed by atoms with Gasteiger partial charge in [0.05, 0.1) is 31.5 Å². The Morgan fingerprint density at radius 2 is 1.74 bits per heavy atom. The third-order valence-electron chi connectivity index (χ3n) is 7.01. The van der Waals surface area contributed by atoms with Gasteiger partial charge in [0, 0.05) is 10.9 Å². The van der Waals surface area contributed by atoms with Crippen LogP contribution in [0.3, 0.4) is 0 Å². The second-order valence-electron chi connectivity index (χ2n) is 9.42. The van der Waals surface area contributed by atoms with Crippen LogP contribution >= 0.6 is 11.6 Å². The highest BCUT2D eigenvalue weighted by molar-refractivity contribution is 6.31. The standard InChI is InChI=1S/C27H35ClO6/c1-17-24(16-29)34-27(26(31)25(17)30)19-8-11-23(28)20(15-19)14-18-6-9-22(10-7-18)33-13-12-32-21-4-2-3-5-21/h6-11,15,17,21,24-27,29-31H,2-5,12-14,16H2,1H3/t17-,24-,25+,26-,27+/m1/s1. The molecular formula is C27H35ClO6. The smallest absolute Gasteiger partial charge is 0.119 e. The second kappa shape index (κ2) is 11.8. The number of aliphatic hydroxyl groups is 3. The molecule has 0 bridgehead atoms. The number of hydrogen-bond donors (Lipinski definition) is 3. The van der Waals surface area contributed by atoms with Crippen molar-refractivity contribution in [2.45, 2.75) is 69.5 Å². The van der Waals surface area contributed by atoms with Gasteiger partial charge in [-0.15, -0.1) is 0 Å². The van der Waals surface area contributed by atoms with Crippen molar-refractivity contribution in [3.8, 4) is 5.75 Å². The van der Waals surface area contributed by atoms with Crippen LogP contribution in [-0.4, -0.2) is 59.6 Å². The van der Waals surface area contributed by atoms with Crippen LogP contribution in [0.25, 0.3) is 0 Å². The summed E-state index contributed by atoms with van der Waals surface area (Å²) in [4.78, 5) is 0. The van der Waals surface area contributed by atoms with Crippen molar-refractivity contribution < 1.29 is 29.5 Å². The van der Waals surface area contributed by atoms with Gasteiger partial charge in [0.2, 0.25) is 0 Å². The van der Waals surface area contributed by atoms with Gasteiger partial charge in [0.25, 0.3) is 0 Å². The molecule has 2 fully saturated rings. The van der Waals surface area contributed by atoms with E-state index in [4.69, 9.17) is 25.8 Å². The second-order valence-corrected chi connectivity index (χ2v) is 9.82. The third kappa shape index (κ3) is 6.11. The zero-order valence-electron chi connectivity index (χ0n) is 19.6. The van der Waals surface area contributed by atoms with E-state index in [2.05, 4.69) is 0 Å². The van der Waals surface area contributed by atoms with E-state index in [1.54, 1.807) is 19.1 Å². The van der Waals surface area contributed by atoms with Crippen LogP contribution < -0.4 is 4.74 Å². The lowest BCUT2D eigenvalue weighted by Gasteiger charge is -2.41. The predicted octanol–water partition coefficient (Wildman–Crippen LogP) is 4.06. The van der Waals surface area contributed by atoms with Crippen LogP contribution in [-0.2, 0) is 15.9 Å². The molecule has 34 heavy (non-hydrogen) atoms. The summed E-state index contributed by atoms with van der Waals surface area (Å²) < 4.78 is 17.6. The highest BCUT2D eigenvalue weighted by atomic mass is 35.5. The molecule has 1 aliphatic carbocycles. The summed E-state index contributed by atoms with van der Waals surface area (Å²) >= 11 is 6.47. The SMILES string of the molecule is C[C@H]1[C@H](O)[C@@H](O)[C@H](c2ccc(Cl)c(Cc3ccc(OCCOC4CCCC4)cc3)c2)O[C@@H]1CO. The molecule has 1 aliphatic heterocycles. The van der Waals surface area contributed by atoms with Crippen molar-refractivity contribution in [1.82, 2.24) is 0 Å². The van der Waals surface area contributed by atoms with Crippen molar-refractivity contribution in [3.05, 3.63) is 64.2 Å². The molecule has 4 rings (SSSR count). The molecule has 1 heterocycles. The summed E-state index contributed by atoms with van der Waals surface area (Å²) in [6.07, 6.45) is 2.50. The Morgan fingerprint density at radius 3 is 2.44 bits per heavy atom. The summed E-state index contributed by atoms with van der Waals surface area (Å²) in [6.45, 7) is 2.68. The molecule has 1 saturated carbocycles. The Labute approximate surface area is 206 Å². The third-order valence-corrected chi connectivity index (χ3v) is 7.38. The normalized spacial score (nSPS) is 27.7. The Balaban J connectivity index is 1.36. The first-order chi connectivity index (χ1) is 16.5. The van der Waals surface area contributed by atoms with E-state index in [-0.39, 0.29) is 12.5 Å². The molecule has 186 valence electrons. The van der Waals surface area contributed by atoms with Crippen LogP contribution in [0.2, 0.25) is 5.02 Å². The minimum Gasteiger partial charge on any atom is -0.491 e. The molecule has 0 unspecified atom stereocenters. The summed E-state index contributed by atoms with van der Waals surface area (Å²) in [5.41, 5.74) is 2.68. The van der Waals surface area contributed by atoms with E-state index in [0.717, 1.165) is 35.3 Å². The van der Waals surface area contributed by atoms with Gasteiger partial charge in [-0.3, -0.25) is 0 Å². The zero-order chi connectivity index (χ0) is 24.1. The number of ether oxygens (including phenoxy) is 3. The fourth-order valence-electron chi connectivity index (χ4n) is 4.85. The zero-order valence-corrected chi connectivity index (χ0v) is 20.4. The molecule has 0 amide bonds. The highest BCUT2D eigenvalue weighted by Crippen LogP contribution is 2.36. The number of rotatable bonds is 9. The largest absolute Gasteiger partial charge is 0.491 e. The van der Waals surface area contributed by atoms with Crippen molar-refractivity contribution in [2.75, 3.05) is 19.8 Å². The first-order valence-electron chi connectivity index (χ1n) is 12.2. The highest BCUT2D eigenvalue weighted by Gasteiger charge is 2.42. The number of benzene rings is 2. The van der Waals surface area contributed by atoms with Crippen LogP contribution in [0, 0.1) is 5.92 Å². The van der Waals surface area contributed by atoms with Gasteiger partial charge in [-0.05, 0) is 54.2 Å². The van der Waals surface area contributed by atoms with E-state index in [1.165, 1.54) is 12.8 Å². The van der Waals surface area contributed by atoms with Crippen molar-refractivity contribution in [2.24, 2.45) is 5.92 Å². The van der Waals surface area contributed by atoms with Crippen LogP contribution in [0.5, 0.6) is 5.75 Å². The lowest BCUT2D eigenvalue weighted by Crippen LogP contribution is -2.50. The quantitative estimate of drug-likeness (QED) is 0.459. The molecular weight excluding hydrogens is 456 g/mol. The van der Waals surface area contributed by atoms with E-state index in [9.17, 15) is 15.3 Å². The van der Waals surface area contributed by atoms with Gasteiger partial charge in [0.1, 0.15) is 24.6 Å². The molecule has 2 aromatic carbocycles. The summed E-state index contributed by atoms with van der Waals surface area (Å²) in [7, 11) is 0. The van der Waals surface area contributed by atoms with Gasteiger partial charge in [-0.2, -0.15) is 0 Å². The maximum absolute atomic E-state index is 10.6. The average Bonchev–Trinajstić information content (AvgIpc) is 3.37. The number of halogens is 1. The Bertz CT molecular complexity index is 912. The topological polar surface area (TPSA) is 88.4 Å². The molecule has 0 spiro atoms. The fraction of sp³-hybridized carbons (Fsp3) is 0.556. The van der Waals surface area contributed by atoms with E-state index >= 15 is 0 Å². The van der Waals surface area contributed by atoms with Crippen LogP contribution in [0.4, 0.5) is 0 Å². The summed E-state index contributed by atoms with van der Waals surface area (Å²) in [6, 6.07) is 13.4. The number of hydrogen-bond acceptors (Lipinski definition) is 6. The van der Waals surface area contributed by atoms with Crippen LogP contribution in [0.15, 0.2) is 42.5 Å². The lowest BCUT2D eigenvalue weighted by atomic mass is 9.85. The molecule has 2 aromatic rings. The maximum Gasteiger partial charge on any atom is 0.119 e. The molecule has 0 radical (unpaired) electrons. The summed E-state index contributed by atoms with van der Waals surface area (Å²) in [5, 5.41) is 31.2. The average molecular weight is 491 g/mol. The molecule has 2 aliphatic rings. The molecule has 5 atom stereocenters. The first-order valence-corrected chi connectivity index (χ1v) is 12.6. The molecule has 0 aromatic heterocycles. The van der Waals surface area contributed by atoms with Gasteiger partial charge in [0.15, 0.2) is 0 Å². The molecule has 7 heteroatoms. The summed E-state index contributed by atoms with van der Waals surface area (Å²) in [5.74, 6) is 0.438. The lowest BCUT2D eigenvalue weighted by molar-refractivity contribution is -0.207. The molecule has 1 saturated heterocycles. The van der Waals surface area contributed by atoms with Crippen molar-refractivity contribution >= 4 is 11.6 Å². The number of aliphatic hydroxyl groups excluding tert-OH is 3. The van der Waals surface area contributed by atoms with Gasteiger partial charge in [-0.1, -0.05) is 55.6 Å². The Kier molecular flexibility index (Phi) is 8.86. The van der Waals surface area contributed by atoms with E-state index in [0.29, 0.717) is 30.8 Å².